The summed E-state index contributed by atoms with van der Waals surface area (Å²) in [6, 6.07) is 12.2. The molecular weight excluding hydrogens is 427 g/mol. The summed E-state index contributed by atoms with van der Waals surface area (Å²) in [7, 11) is 0. The van der Waals surface area contributed by atoms with Crippen LogP contribution in [0.3, 0.4) is 0 Å². The molecule has 164 valence electrons. The Morgan fingerprint density at radius 3 is 2.62 bits per heavy atom. The van der Waals surface area contributed by atoms with E-state index in [1.165, 1.54) is 10.7 Å². The summed E-state index contributed by atoms with van der Waals surface area (Å²) in [5.41, 5.74) is 0.402. The fourth-order valence-corrected chi connectivity index (χ4v) is 2.79. The number of carbonyl (C=O) groups excluding carboxylic acids is 1. The molecule has 9 nitrogen and oxygen atoms in total. The van der Waals surface area contributed by atoms with Crippen LogP contribution in [0, 0.1) is 6.92 Å². The number of nitrogens with zero attached hydrogens (tertiary/aromatic N) is 5. The number of benzene rings is 1. The second-order valence-corrected chi connectivity index (χ2v) is 6.68. The molecule has 32 heavy (non-hydrogen) atoms. The molecular formula is C20H16F3N7O2. The van der Waals surface area contributed by atoms with E-state index in [0.29, 0.717) is 17.8 Å². The monoisotopic (exact) mass is 443 g/mol. The Hall–Kier alpha value is -4.22. The quantitative estimate of drug-likeness (QED) is 0.483. The third kappa shape index (κ3) is 4.74. The van der Waals surface area contributed by atoms with Crippen molar-refractivity contribution in [3.05, 3.63) is 71.8 Å². The minimum atomic E-state index is -4.50. The number of pyridine rings is 1. The highest BCUT2D eigenvalue weighted by molar-refractivity contribution is 5.88. The van der Waals surface area contributed by atoms with Gasteiger partial charge in [-0.1, -0.05) is 23.4 Å². The summed E-state index contributed by atoms with van der Waals surface area (Å²) < 4.78 is 44.7. The Bertz CT molecular complexity index is 1220. The molecule has 4 aromatic rings. The molecule has 0 aliphatic heterocycles. The minimum Gasteiger partial charge on any atom is -0.334 e. The van der Waals surface area contributed by atoms with Gasteiger partial charge in [0.15, 0.2) is 11.6 Å². The molecule has 2 amide bonds. The first-order valence-electron chi connectivity index (χ1n) is 9.33. The third-order valence-electron chi connectivity index (χ3n) is 4.26. The van der Waals surface area contributed by atoms with Crippen molar-refractivity contribution in [3.63, 3.8) is 0 Å². The highest BCUT2D eigenvalue weighted by Gasteiger charge is 2.30. The molecule has 0 atom stereocenters. The predicted octanol–water partition coefficient (Wildman–Crippen LogP) is 3.97. The molecule has 3 heterocycles. The van der Waals surface area contributed by atoms with E-state index < -0.39 is 17.8 Å². The molecule has 0 aliphatic carbocycles. The largest absolute Gasteiger partial charge is 0.417 e. The molecule has 3 aromatic heterocycles. The number of urea groups is 1. The van der Waals surface area contributed by atoms with Crippen molar-refractivity contribution in [2.45, 2.75) is 19.6 Å². The Labute approximate surface area is 179 Å². The van der Waals surface area contributed by atoms with Crippen LogP contribution in [-0.2, 0) is 12.7 Å². The van der Waals surface area contributed by atoms with Crippen LogP contribution >= 0.6 is 0 Å². The maximum atomic E-state index is 12.8. The van der Waals surface area contributed by atoms with E-state index in [9.17, 15) is 18.0 Å². The number of carbonyl (C=O) groups is 1. The van der Waals surface area contributed by atoms with Gasteiger partial charge in [-0.3, -0.25) is 5.32 Å². The van der Waals surface area contributed by atoms with E-state index in [-0.39, 0.29) is 24.0 Å². The van der Waals surface area contributed by atoms with Crippen LogP contribution in [-0.4, -0.2) is 30.9 Å². The molecule has 0 saturated carbocycles. The first kappa shape index (κ1) is 21.0. The van der Waals surface area contributed by atoms with Gasteiger partial charge in [0.25, 0.3) is 5.89 Å². The van der Waals surface area contributed by atoms with Crippen LogP contribution in [0.4, 0.5) is 23.8 Å². The number of amides is 2. The fraction of sp³-hybridized carbons (Fsp3) is 0.150. The van der Waals surface area contributed by atoms with Crippen LogP contribution in [0.5, 0.6) is 0 Å². The smallest absolute Gasteiger partial charge is 0.334 e. The second kappa shape index (κ2) is 8.49. The second-order valence-electron chi connectivity index (χ2n) is 6.68. The van der Waals surface area contributed by atoms with Gasteiger partial charge >= 0.3 is 12.2 Å². The van der Waals surface area contributed by atoms with Crippen molar-refractivity contribution in [1.82, 2.24) is 30.2 Å². The van der Waals surface area contributed by atoms with Gasteiger partial charge in [0, 0.05) is 17.8 Å². The number of aryl methyl sites for hydroxylation is 1. The van der Waals surface area contributed by atoms with Crippen LogP contribution in [0.2, 0.25) is 0 Å². The molecule has 12 heteroatoms. The highest BCUT2D eigenvalue weighted by atomic mass is 19.4. The molecule has 1 aromatic carbocycles. The fourth-order valence-electron chi connectivity index (χ4n) is 2.79. The van der Waals surface area contributed by atoms with Crippen molar-refractivity contribution in [2.24, 2.45) is 0 Å². The van der Waals surface area contributed by atoms with Crippen molar-refractivity contribution < 1.29 is 22.5 Å². The van der Waals surface area contributed by atoms with Gasteiger partial charge in [-0.25, -0.2) is 9.78 Å². The number of hydrogen-bond donors (Lipinski definition) is 2. The van der Waals surface area contributed by atoms with Gasteiger partial charge in [-0.15, -0.1) is 0 Å². The molecule has 0 unspecified atom stereocenters. The zero-order valence-corrected chi connectivity index (χ0v) is 16.6. The number of halogens is 3. The summed E-state index contributed by atoms with van der Waals surface area (Å²) in [4.78, 5) is 20.3. The topological polar surface area (TPSA) is 111 Å². The maximum absolute atomic E-state index is 12.8. The first-order valence-corrected chi connectivity index (χ1v) is 9.33. The third-order valence-corrected chi connectivity index (χ3v) is 4.26. The molecule has 0 spiro atoms. The van der Waals surface area contributed by atoms with Crippen molar-refractivity contribution in [1.29, 1.82) is 0 Å². The summed E-state index contributed by atoms with van der Waals surface area (Å²) in [5.74, 6) is 0.940. The van der Waals surface area contributed by atoms with E-state index in [1.54, 1.807) is 13.0 Å². The summed E-state index contributed by atoms with van der Waals surface area (Å²) in [6.07, 6.45) is -3.79. The highest BCUT2D eigenvalue weighted by Crippen LogP contribution is 2.29. The van der Waals surface area contributed by atoms with Crippen molar-refractivity contribution in [2.75, 3.05) is 5.32 Å². The van der Waals surface area contributed by atoms with Crippen molar-refractivity contribution >= 4 is 11.8 Å². The zero-order chi connectivity index (χ0) is 22.7. The lowest BCUT2D eigenvalue weighted by Gasteiger charge is -2.10. The Morgan fingerprint density at radius 1 is 1.16 bits per heavy atom. The molecule has 4 rings (SSSR count). The van der Waals surface area contributed by atoms with E-state index in [0.717, 1.165) is 11.6 Å². The van der Waals surface area contributed by atoms with E-state index in [4.69, 9.17) is 4.52 Å². The van der Waals surface area contributed by atoms with E-state index in [1.807, 2.05) is 30.3 Å². The lowest BCUT2D eigenvalue weighted by molar-refractivity contribution is -0.137. The minimum absolute atomic E-state index is 0.00614. The number of anilines is 1. The number of rotatable bonds is 5. The summed E-state index contributed by atoms with van der Waals surface area (Å²) >= 11 is 0. The van der Waals surface area contributed by atoms with E-state index in [2.05, 4.69) is 30.9 Å². The SMILES string of the molecule is Cc1cc(NC(=O)NCc2noc(-c3ccccc3)n2)n(-c2ccc(C(F)(F)F)cn2)n1. The molecule has 2 N–H and O–H groups in total. The lowest BCUT2D eigenvalue weighted by atomic mass is 10.2. The molecule has 0 bridgehead atoms. The average molecular weight is 443 g/mol. The van der Waals surface area contributed by atoms with E-state index >= 15 is 0 Å². The van der Waals surface area contributed by atoms with Gasteiger partial charge in [0.1, 0.15) is 5.82 Å². The number of nitrogens with one attached hydrogen (secondary N) is 2. The first-order chi connectivity index (χ1) is 15.3. The normalized spacial score (nSPS) is 11.4. The van der Waals surface area contributed by atoms with Crippen LogP contribution in [0.25, 0.3) is 17.3 Å². The Morgan fingerprint density at radius 2 is 1.94 bits per heavy atom. The molecule has 0 radical (unpaired) electrons. The average Bonchev–Trinajstić information content (AvgIpc) is 3.39. The van der Waals surface area contributed by atoms with Gasteiger partial charge in [0.05, 0.1) is 17.8 Å². The number of alkyl halides is 3. The van der Waals surface area contributed by atoms with Gasteiger partial charge < -0.3 is 9.84 Å². The Balaban J connectivity index is 1.42. The maximum Gasteiger partial charge on any atom is 0.417 e. The van der Waals surface area contributed by atoms with Crippen LogP contribution in [0.1, 0.15) is 17.1 Å². The van der Waals surface area contributed by atoms with Crippen LogP contribution < -0.4 is 10.6 Å². The summed E-state index contributed by atoms with van der Waals surface area (Å²) in [5, 5.41) is 13.2. The number of hydrogen-bond acceptors (Lipinski definition) is 6. The van der Waals surface area contributed by atoms with Gasteiger partial charge in [-0.2, -0.15) is 27.9 Å². The molecule has 0 aliphatic rings. The number of aromatic nitrogens is 5. The standard InChI is InChI=1S/C20H16F3N7O2/c1-12-9-17(30(28-12)16-8-7-14(10-24-16)20(21,22)23)27-19(31)25-11-15-26-18(32-29-15)13-5-3-2-4-6-13/h2-10H,11H2,1H3,(H2,25,27,31). The van der Waals surface area contributed by atoms with Crippen molar-refractivity contribution in [3.8, 4) is 17.3 Å². The predicted molar refractivity (Wildman–Crippen MR) is 107 cm³/mol. The molecule has 0 saturated heterocycles. The lowest BCUT2D eigenvalue weighted by Crippen LogP contribution is -2.29. The zero-order valence-electron chi connectivity index (χ0n) is 16.6. The molecule has 0 fully saturated rings. The van der Waals surface area contributed by atoms with Gasteiger partial charge in [-0.05, 0) is 31.2 Å². The van der Waals surface area contributed by atoms with Gasteiger partial charge in [0.2, 0.25) is 0 Å². The Kier molecular flexibility index (Phi) is 5.58. The van der Waals surface area contributed by atoms with Crippen LogP contribution in [0.15, 0.2) is 59.3 Å². The summed E-state index contributed by atoms with van der Waals surface area (Å²) in [6.45, 7) is 1.67.